The zero-order valence-corrected chi connectivity index (χ0v) is 13.6. The summed E-state index contributed by atoms with van der Waals surface area (Å²) in [4.78, 5) is 11.1. The second-order valence-corrected chi connectivity index (χ2v) is 6.80. The highest BCUT2D eigenvalue weighted by molar-refractivity contribution is 5.21. The fourth-order valence-corrected chi connectivity index (χ4v) is 3.98. The zero-order valence-electron chi connectivity index (χ0n) is 13.6. The number of imidazole rings is 1. The molecule has 0 unspecified atom stereocenters. The van der Waals surface area contributed by atoms with Crippen LogP contribution in [-0.4, -0.2) is 31.2 Å². The van der Waals surface area contributed by atoms with E-state index in [1.807, 2.05) is 11.7 Å². The lowest BCUT2D eigenvalue weighted by atomic mass is 10.0. The summed E-state index contributed by atoms with van der Waals surface area (Å²) in [5.74, 6) is 1.20. The van der Waals surface area contributed by atoms with E-state index < -0.39 is 0 Å². The highest BCUT2D eigenvalue weighted by atomic mass is 15.3. The summed E-state index contributed by atoms with van der Waals surface area (Å²) < 4.78 is 1.92. The smallest absolute Gasteiger partial charge is 0.124 e. The van der Waals surface area contributed by atoms with E-state index in [9.17, 15) is 0 Å². The number of aromatic amines is 1. The number of nitrogens with one attached hydrogen (secondary N) is 1. The highest BCUT2D eigenvalue weighted by Crippen LogP contribution is 2.33. The van der Waals surface area contributed by atoms with Gasteiger partial charge in [-0.05, 0) is 52.0 Å². The summed E-state index contributed by atoms with van der Waals surface area (Å²) in [6.07, 6.45) is 9.55. The molecule has 0 aromatic carbocycles. The van der Waals surface area contributed by atoms with Crippen molar-refractivity contribution in [3.8, 4) is 0 Å². The first-order valence-electron chi connectivity index (χ1n) is 8.51. The van der Waals surface area contributed by atoms with Gasteiger partial charge in [-0.2, -0.15) is 5.10 Å². The van der Waals surface area contributed by atoms with Crippen molar-refractivity contribution >= 4 is 0 Å². The lowest BCUT2D eigenvalue weighted by Gasteiger charge is -2.22. The Bertz CT molecular complexity index is 645. The average Bonchev–Trinajstić information content (AvgIpc) is 3.18. The first-order chi connectivity index (χ1) is 10.7. The Morgan fingerprint density at radius 3 is 2.91 bits per heavy atom. The van der Waals surface area contributed by atoms with Gasteiger partial charge in [-0.3, -0.25) is 9.58 Å². The number of aromatic nitrogens is 4. The normalized spacial score (nSPS) is 22.2. The van der Waals surface area contributed by atoms with Gasteiger partial charge >= 0.3 is 0 Å². The molecule has 1 atom stereocenters. The summed E-state index contributed by atoms with van der Waals surface area (Å²) >= 11 is 0. The molecular weight excluding hydrogens is 274 g/mol. The second kappa shape index (κ2) is 5.54. The van der Waals surface area contributed by atoms with Crippen molar-refractivity contribution < 1.29 is 0 Å². The molecule has 1 N–H and O–H groups in total. The van der Waals surface area contributed by atoms with Gasteiger partial charge in [0.25, 0.3) is 0 Å². The van der Waals surface area contributed by atoms with Gasteiger partial charge in [0.2, 0.25) is 0 Å². The van der Waals surface area contributed by atoms with Crippen LogP contribution in [0.2, 0.25) is 0 Å². The lowest BCUT2D eigenvalue weighted by molar-refractivity contribution is 0.240. The van der Waals surface area contributed by atoms with Crippen molar-refractivity contribution in [1.82, 2.24) is 24.6 Å². The van der Waals surface area contributed by atoms with E-state index in [1.54, 1.807) is 0 Å². The molecule has 5 heteroatoms. The third-order valence-corrected chi connectivity index (χ3v) is 5.14. The van der Waals surface area contributed by atoms with Crippen LogP contribution in [0.25, 0.3) is 0 Å². The monoisotopic (exact) mass is 299 g/mol. The number of fused-ring (bicyclic) bond motifs is 1. The van der Waals surface area contributed by atoms with E-state index in [1.165, 1.54) is 54.9 Å². The van der Waals surface area contributed by atoms with Crippen LogP contribution in [0.4, 0.5) is 0 Å². The van der Waals surface area contributed by atoms with E-state index in [2.05, 4.69) is 28.1 Å². The Balaban J connectivity index is 1.55. The maximum absolute atomic E-state index is 4.93. The number of rotatable bonds is 3. The second-order valence-electron chi connectivity index (χ2n) is 6.80. The predicted molar refractivity (Wildman–Crippen MR) is 85.6 cm³/mol. The third-order valence-electron chi connectivity index (χ3n) is 5.14. The number of hydrogen-bond acceptors (Lipinski definition) is 3. The molecule has 2 aliphatic rings. The fourth-order valence-electron chi connectivity index (χ4n) is 3.98. The summed E-state index contributed by atoms with van der Waals surface area (Å²) in [7, 11) is 2.00. The zero-order chi connectivity index (χ0) is 15.1. The van der Waals surface area contributed by atoms with Crippen LogP contribution in [0.1, 0.15) is 60.2 Å². The summed E-state index contributed by atoms with van der Waals surface area (Å²) in [5, 5.41) is 4.47. The molecule has 2 aromatic heterocycles. The minimum absolute atomic E-state index is 0.449. The number of hydrogen-bond donors (Lipinski definition) is 1. The Kier molecular flexibility index (Phi) is 3.53. The first kappa shape index (κ1) is 14.0. The molecule has 3 heterocycles. The number of H-pyrrole nitrogens is 1. The van der Waals surface area contributed by atoms with Crippen molar-refractivity contribution in [2.75, 3.05) is 6.54 Å². The molecule has 1 aliphatic carbocycles. The molecule has 1 aliphatic heterocycles. The molecule has 2 aromatic rings. The molecule has 0 spiro atoms. The van der Waals surface area contributed by atoms with Crippen LogP contribution in [0.5, 0.6) is 0 Å². The molecule has 5 nitrogen and oxygen atoms in total. The van der Waals surface area contributed by atoms with Gasteiger partial charge in [0, 0.05) is 31.0 Å². The number of aryl methyl sites for hydroxylation is 4. The number of nitrogens with zero attached hydrogens (tertiary/aromatic N) is 4. The van der Waals surface area contributed by atoms with Gasteiger partial charge in [-0.15, -0.1) is 0 Å². The molecule has 1 fully saturated rings. The summed E-state index contributed by atoms with van der Waals surface area (Å²) in [5.41, 5.74) is 5.20. The maximum atomic E-state index is 4.93. The largest absolute Gasteiger partial charge is 0.344 e. The van der Waals surface area contributed by atoms with Crippen LogP contribution in [0, 0.1) is 6.92 Å². The van der Waals surface area contributed by atoms with Crippen LogP contribution in [-0.2, 0) is 26.4 Å². The minimum atomic E-state index is 0.449. The summed E-state index contributed by atoms with van der Waals surface area (Å²) in [6.45, 7) is 4.24. The van der Waals surface area contributed by atoms with Crippen molar-refractivity contribution in [3.63, 3.8) is 0 Å². The van der Waals surface area contributed by atoms with E-state index in [0.29, 0.717) is 6.04 Å². The van der Waals surface area contributed by atoms with Gasteiger partial charge in [0.15, 0.2) is 0 Å². The quantitative estimate of drug-likeness (QED) is 0.948. The van der Waals surface area contributed by atoms with E-state index in [0.717, 1.165) is 25.2 Å². The highest BCUT2D eigenvalue weighted by Gasteiger charge is 2.30. The van der Waals surface area contributed by atoms with Gasteiger partial charge < -0.3 is 4.98 Å². The van der Waals surface area contributed by atoms with Crippen molar-refractivity contribution in [3.05, 3.63) is 34.7 Å². The third kappa shape index (κ3) is 2.47. The summed E-state index contributed by atoms with van der Waals surface area (Å²) in [6, 6.07) is 0.449. The average molecular weight is 299 g/mol. The Labute approximate surface area is 131 Å². The maximum Gasteiger partial charge on any atom is 0.124 e. The van der Waals surface area contributed by atoms with Gasteiger partial charge in [-0.1, -0.05) is 0 Å². The number of likely N-dealkylation sites (tertiary alicyclic amines) is 1. The van der Waals surface area contributed by atoms with Gasteiger partial charge in [-0.25, -0.2) is 4.98 Å². The van der Waals surface area contributed by atoms with Crippen LogP contribution >= 0.6 is 0 Å². The standard InChI is InChI=1S/C17H25N5/c1-12-13(10-21(2)20-12)11-22-9-5-8-16(22)17-18-14-6-3-4-7-15(14)19-17/h10,16H,3-9,11H2,1-2H3,(H,18,19)/t16-/m0/s1. The molecule has 118 valence electrons. The Hall–Kier alpha value is -1.62. The Morgan fingerprint density at radius 2 is 2.14 bits per heavy atom. The molecule has 0 radical (unpaired) electrons. The van der Waals surface area contributed by atoms with E-state index >= 15 is 0 Å². The molecule has 1 saturated heterocycles. The molecule has 0 amide bonds. The lowest BCUT2D eigenvalue weighted by Crippen LogP contribution is -2.23. The van der Waals surface area contributed by atoms with Crippen LogP contribution in [0.15, 0.2) is 6.20 Å². The molecule has 22 heavy (non-hydrogen) atoms. The molecular formula is C17H25N5. The Morgan fingerprint density at radius 1 is 1.27 bits per heavy atom. The van der Waals surface area contributed by atoms with Gasteiger partial charge in [0.1, 0.15) is 5.82 Å². The molecule has 0 bridgehead atoms. The predicted octanol–water partition coefficient (Wildman–Crippen LogP) is 2.67. The fraction of sp³-hybridized carbons (Fsp3) is 0.647. The van der Waals surface area contributed by atoms with E-state index in [-0.39, 0.29) is 0 Å². The van der Waals surface area contributed by atoms with Crippen LogP contribution in [0.3, 0.4) is 0 Å². The van der Waals surface area contributed by atoms with E-state index in [4.69, 9.17) is 4.98 Å². The molecule has 4 rings (SSSR count). The van der Waals surface area contributed by atoms with Crippen LogP contribution < -0.4 is 0 Å². The van der Waals surface area contributed by atoms with Gasteiger partial charge in [0.05, 0.1) is 17.4 Å². The first-order valence-corrected chi connectivity index (χ1v) is 8.51. The topological polar surface area (TPSA) is 49.7 Å². The SMILES string of the molecule is Cc1nn(C)cc1CN1CCC[C@H]1c1nc2c([nH]1)CCCC2. The van der Waals surface area contributed by atoms with Crippen molar-refractivity contribution in [2.45, 2.75) is 58.0 Å². The van der Waals surface area contributed by atoms with Crippen molar-refractivity contribution in [2.24, 2.45) is 7.05 Å². The van der Waals surface area contributed by atoms with Crippen molar-refractivity contribution in [1.29, 1.82) is 0 Å². The minimum Gasteiger partial charge on any atom is -0.344 e. The molecule has 0 saturated carbocycles.